The third-order valence-corrected chi connectivity index (χ3v) is 4.52. The molecule has 3 amide bonds. The van der Waals surface area contributed by atoms with Crippen molar-refractivity contribution in [3.05, 3.63) is 50.2 Å². The number of hydrogen-bond acceptors (Lipinski definition) is 7. The van der Waals surface area contributed by atoms with E-state index in [9.17, 15) is 24.5 Å². The van der Waals surface area contributed by atoms with E-state index >= 15 is 0 Å². The second-order valence-corrected chi connectivity index (χ2v) is 6.56. The minimum absolute atomic E-state index is 0.0183. The van der Waals surface area contributed by atoms with Gasteiger partial charge in [-0.25, -0.2) is 0 Å². The molecule has 2 aromatic rings. The lowest BCUT2D eigenvalue weighted by atomic mass is 10.3. The molecule has 0 saturated heterocycles. The summed E-state index contributed by atoms with van der Waals surface area (Å²) in [6.45, 7) is 1.25. The van der Waals surface area contributed by atoms with Crippen LogP contribution in [0.25, 0.3) is 6.08 Å². The lowest BCUT2D eigenvalue weighted by Gasteiger charge is -2.06. The Hall–Kier alpha value is -3.05. The molecular formula is C14H12N4O5S2. The molecule has 0 aromatic carbocycles. The lowest BCUT2D eigenvalue weighted by molar-refractivity contribution is -0.380. The van der Waals surface area contributed by atoms with Gasteiger partial charge in [-0.1, -0.05) is 11.3 Å². The summed E-state index contributed by atoms with van der Waals surface area (Å²) in [5.74, 6) is -1.49. The third-order valence-electron chi connectivity index (χ3n) is 2.69. The minimum Gasteiger partial charge on any atom is -0.313 e. The number of nitrogens with zero attached hydrogens (tertiary/aromatic N) is 1. The first-order valence-corrected chi connectivity index (χ1v) is 8.44. The molecule has 2 aromatic heterocycles. The SMILES string of the molecule is CC(=O)NNC(=O)c1ccsc1NC(=O)/C=C/c1ccc([N+](=O)[O-])s1. The maximum absolute atomic E-state index is 11.9. The van der Waals surface area contributed by atoms with Crippen molar-refractivity contribution in [2.75, 3.05) is 5.32 Å². The number of nitro groups is 1. The summed E-state index contributed by atoms with van der Waals surface area (Å²) in [6.07, 6.45) is 2.66. The van der Waals surface area contributed by atoms with Crippen molar-refractivity contribution in [2.45, 2.75) is 6.92 Å². The Morgan fingerprint density at radius 3 is 2.60 bits per heavy atom. The number of rotatable bonds is 5. The topological polar surface area (TPSA) is 130 Å². The second-order valence-electron chi connectivity index (χ2n) is 4.55. The molecule has 130 valence electrons. The number of amides is 3. The van der Waals surface area contributed by atoms with Crippen molar-refractivity contribution < 1.29 is 19.3 Å². The number of anilines is 1. The van der Waals surface area contributed by atoms with Gasteiger partial charge in [-0.3, -0.25) is 35.3 Å². The van der Waals surface area contributed by atoms with Crippen LogP contribution in [0.4, 0.5) is 10.0 Å². The van der Waals surface area contributed by atoms with Crippen LogP contribution in [-0.4, -0.2) is 22.6 Å². The minimum atomic E-state index is -0.565. The molecule has 11 heteroatoms. The summed E-state index contributed by atoms with van der Waals surface area (Å²) in [7, 11) is 0. The van der Waals surface area contributed by atoms with Gasteiger partial charge in [-0.2, -0.15) is 0 Å². The number of carbonyl (C=O) groups is 3. The smallest absolute Gasteiger partial charge is 0.313 e. The maximum Gasteiger partial charge on any atom is 0.324 e. The van der Waals surface area contributed by atoms with Crippen LogP contribution in [0.5, 0.6) is 0 Å². The molecule has 0 aliphatic carbocycles. The Kier molecular flexibility index (Phi) is 5.98. The lowest BCUT2D eigenvalue weighted by Crippen LogP contribution is -2.40. The normalized spacial score (nSPS) is 10.4. The van der Waals surface area contributed by atoms with Gasteiger partial charge in [0.05, 0.1) is 10.5 Å². The van der Waals surface area contributed by atoms with Gasteiger partial charge in [0.15, 0.2) is 0 Å². The molecule has 0 aliphatic rings. The Labute approximate surface area is 149 Å². The zero-order valence-corrected chi connectivity index (χ0v) is 14.4. The highest BCUT2D eigenvalue weighted by molar-refractivity contribution is 7.16. The molecule has 25 heavy (non-hydrogen) atoms. The largest absolute Gasteiger partial charge is 0.324 e. The van der Waals surface area contributed by atoms with Gasteiger partial charge < -0.3 is 5.32 Å². The summed E-state index contributed by atoms with van der Waals surface area (Å²) >= 11 is 2.08. The molecular weight excluding hydrogens is 368 g/mol. The van der Waals surface area contributed by atoms with E-state index in [4.69, 9.17) is 0 Å². The van der Waals surface area contributed by atoms with Gasteiger partial charge in [0.2, 0.25) is 11.8 Å². The predicted molar refractivity (Wildman–Crippen MR) is 94.2 cm³/mol. The van der Waals surface area contributed by atoms with E-state index in [0.717, 1.165) is 22.7 Å². The van der Waals surface area contributed by atoms with Crippen molar-refractivity contribution in [2.24, 2.45) is 0 Å². The van der Waals surface area contributed by atoms with Crippen LogP contribution in [0.15, 0.2) is 29.7 Å². The van der Waals surface area contributed by atoms with E-state index in [-0.39, 0.29) is 10.6 Å². The van der Waals surface area contributed by atoms with E-state index in [1.54, 1.807) is 5.38 Å². The van der Waals surface area contributed by atoms with Crippen LogP contribution < -0.4 is 16.2 Å². The number of nitrogens with one attached hydrogen (secondary N) is 3. The fourth-order valence-corrected chi connectivity index (χ4v) is 3.15. The van der Waals surface area contributed by atoms with Crippen LogP contribution >= 0.6 is 22.7 Å². The van der Waals surface area contributed by atoms with Crippen LogP contribution in [-0.2, 0) is 9.59 Å². The molecule has 0 saturated carbocycles. The molecule has 0 atom stereocenters. The van der Waals surface area contributed by atoms with E-state index in [1.807, 2.05) is 0 Å². The summed E-state index contributed by atoms with van der Waals surface area (Å²) in [4.78, 5) is 45.3. The first-order chi connectivity index (χ1) is 11.9. The Morgan fingerprint density at radius 1 is 1.20 bits per heavy atom. The number of hydrogen-bond donors (Lipinski definition) is 3. The summed E-state index contributed by atoms with van der Waals surface area (Å²) < 4.78 is 0. The summed E-state index contributed by atoms with van der Waals surface area (Å²) in [5.41, 5.74) is 4.57. The first kappa shape index (κ1) is 18.3. The Balaban J connectivity index is 1.99. The van der Waals surface area contributed by atoms with Crippen LogP contribution in [0, 0.1) is 10.1 Å². The van der Waals surface area contributed by atoms with Gasteiger partial charge in [0.1, 0.15) is 5.00 Å². The third kappa shape index (κ3) is 5.22. The zero-order chi connectivity index (χ0) is 18.4. The van der Waals surface area contributed by atoms with Crippen molar-refractivity contribution in [3.8, 4) is 0 Å². The molecule has 0 fully saturated rings. The van der Waals surface area contributed by atoms with Crippen LogP contribution in [0.2, 0.25) is 0 Å². The highest BCUT2D eigenvalue weighted by atomic mass is 32.1. The Morgan fingerprint density at radius 2 is 1.96 bits per heavy atom. The number of carbonyl (C=O) groups excluding carboxylic acids is 3. The van der Waals surface area contributed by atoms with E-state index in [2.05, 4.69) is 16.2 Å². The second kappa shape index (κ2) is 8.17. The average Bonchev–Trinajstić information content (AvgIpc) is 3.19. The molecule has 0 aliphatic heterocycles. The highest BCUT2D eigenvalue weighted by Gasteiger charge is 2.14. The molecule has 2 rings (SSSR count). The summed E-state index contributed by atoms with van der Waals surface area (Å²) in [6, 6.07) is 4.39. The molecule has 9 nitrogen and oxygen atoms in total. The van der Waals surface area contributed by atoms with Crippen LogP contribution in [0.1, 0.15) is 22.2 Å². The van der Waals surface area contributed by atoms with Crippen molar-refractivity contribution >= 4 is 56.5 Å². The van der Waals surface area contributed by atoms with Crippen molar-refractivity contribution in [1.29, 1.82) is 0 Å². The summed E-state index contributed by atoms with van der Waals surface area (Å²) in [5, 5.41) is 15.1. The van der Waals surface area contributed by atoms with Crippen molar-refractivity contribution in [3.63, 3.8) is 0 Å². The van der Waals surface area contributed by atoms with Gasteiger partial charge in [-0.15, -0.1) is 11.3 Å². The monoisotopic (exact) mass is 380 g/mol. The molecule has 0 unspecified atom stereocenters. The first-order valence-electron chi connectivity index (χ1n) is 6.74. The Bertz CT molecular complexity index is 855. The quantitative estimate of drug-likeness (QED) is 0.416. The van der Waals surface area contributed by atoms with Gasteiger partial charge in [0.25, 0.3) is 5.91 Å². The van der Waals surface area contributed by atoms with Crippen LogP contribution in [0.3, 0.4) is 0 Å². The van der Waals surface area contributed by atoms with Crippen molar-refractivity contribution in [1.82, 2.24) is 10.9 Å². The van der Waals surface area contributed by atoms with Gasteiger partial charge in [-0.05, 0) is 23.6 Å². The molecule has 0 radical (unpaired) electrons. The molecule has 3 N–H and O–H groups in total. The van der Waals surface area contributed by atoms with E-state index < -0.39 is 22.6 Å². The fraction of sp³-hybridized carbons (Fsp3) is 0.0714. The number of thiophene rings is 2. The standard InChI is InChI=1S/C14H12N4O5S2/c1-8(19)16-17-13(21)10-6-7-24-14(10)15-11(20)4-2-9-3-5-12(25-9)18(22)23/h2-7H,1H3,(H,15,20)(H,16,19)(H,17,21)/b4-2+. The fourth-order valence-electron chi connectivity index (χ4n) is 1.64. The van der Waals surface area contributed by atoms with Gasteiger partial charge in [0, 0.05) is 23.9 Å². The molecule has 2 heterocycles. The average molecular weight is 380 g/mol. The predicted octanol–water partition coefficient (Wildman–Crippen LogP) is 2.15. The van der Waals surface area contributed by atoms with E-state index in [1.165, 1.54) is 37.3 Å². The highest BCUT2D eigenvalue weighted by Crippen LogP contribution is 2.25. The molecule has 0 spiro atoms. The zero-order valence-electron chi connectivity index (χ0n) is 12.8. The van der Waals surface area contributed by atoms with Gasteiger partial charge >= 0.3 is 5.00 Å². The maximum atomic E-state index is 11.9. The number of hydrazine groups is 1. The van der Waals surface area contributed by atoms with E-state index in [0.29, 0.717) is 9.88 Å². The molecule has 0 bridgehead atoms.